The fourth-order valence-corrected chi connectivity index (χ4v) is 8.85. The van der Waals surface area contributed by atoms with Gasteiger partial charge in [0.2, 0.25) is 0 Å². The number of anilines is 10. The zero-order valence-corrected chi connectivity index (χ0v) is 56.4. The van der Waals surface area contributed by atoms with Crippen LogP contribution in [0.5, 0.6) is 0 Å². The number of nitrogen functional groups attached to an aromatic ring is 10. The van der Waals surface area contributed by atoms with Crippen molar-refractivity contribution >= 4 is 56.9 Å². The fraction of sp³-hybridized carbons (Fsp3) is 0.385. The molecule has 0 aliphatic carbocycles. The molecule has 0 saturated heterocycles. The van der Waals surface area contributed by atoms with Crippen LogP contribution >= 0.6 is 0 Å². The molecule has 0 bridgehead atoms. The van der Waals surface area contributed by atoms with E-state index in [-0.39, 0.29) is 80.7 Å². The Bertz CT molecular complexity index is 5040. The first-order valence-corrected chi connectivity index (χ1v) is 30.9. The molecule has 0 unspecified atom stereocenters. The Balaban J connectivity index is 0.000000529. The van der Waals surface area contributed by atoms with Gasteiger partial charge in [0.1, 0.15) is 53.6 Å². The molecule has 510 valence electrons. The van der Waals surface area contributed by atoms with Crippen molar-refractivity contribution in [2.75, 3.05) is 57.3 Å². The number of unbranched alkanes of at least 4 members (excludes halogenated alkanes) is 2. The van der Waals surface area contributed by atoms with E-state index >= 15 is 0 Å². The maximum atomic E-state index is 7.47. The highest BCUT2D eigenvalue weighted by atomic mass is 14.7. The van der Waals surface area contributed by atoms with Crippen molar-refractivity contribution in [1.82, 2.24) is 0 Å². The maximum absolute atomic E-state index is 7.47. The van der Waals surface area contributed by atoms with Crippen molar-refractivity contribution in [2.45, 2.75) is 166 Å². The van der Waals surface area contributed by atoms with E-state index in [0.29, 0.717) is 101 Å². The Kier molecular flexibility index (Phi) is 31.1. The lowest BCUT2D eigenvalue weighted by molar-refractivity contribution is 0.777. The monoisotopic (exact) mass is 1300 g/mol. The van der Waals surface area contributed by atoms with Crippen LogP contribution in [0.3, 0.4) is 0 Å². The maximum Gasteiger partial charge on any atom is 0.106 e. The van der Waals surface area contributed by atoms with E-state index < -0.39 is 0 Å². The van der Waals surface area contributed by atoms with Gasteiger partial charge in [-0.1, -0.05) is 87.5 Å². The molecule has 0 aliphatic heterocycles. The minimum Gasteiger partial charge on any atom is -0.397 e. The Morgan fingerprint density at radius 2 is 0.347 bits per heavy atom. The third kappa shape index (κ3) is 19.7. The Hall–Kier alpha value is -11.2. The van der Waals surface area contributed by atoms with Crippen LogP contribution in [0.4, 0.5) is 56.9 Å². The van der Waals surface area contributed by atoms with Crippen LogP contribution in [-0.2, 0) is 51.4 Å². The van der Waals surface area contributed by atoms with Gasteiger partial charge in [-0.2, -0.15) is 0 Å². The summed E-state index contributed by atoms with van der Waals surface area (Å²) in [5, 5.41) is 148. The fourth-order valence-electron chi connectivity index (χ4n) is 8.85. The summed E-state index contributed by atoms with van der Waals surface area (Å²) >= 11 is 0. The van der Waals surface area contributed by atoms with Crippen molar-refractivity contribution in [3.05, 3.63) is 163 Å². The smallest absolute Gasteiger partial charge is 0.106 e. The topological polar surface area (TPSA) is 737 Å². The summed E-state index contributed by atoms with van der Waals surface area (Å²) in [6.45, 7) is 19.5. The molecule has 0 spiro atoms. The third-order valence-electron chi connectivity index (χ3n) is 15.7. The number of nitrogens with one attached hydrogen (secondary N) is 20. The van der Waals surface area contributed by atoms with E-state index in [2.05, 4.69) is 20.8 Å². The zero-order chi connectivity index (χ0) is 73.7. The molecule has 95 heavy (non-hydrogen) atoms. The van der Waals surface area contributed by atoms with Crippen molar-refractivity contribution in [3.8, 4) is 0 Å². The second-order valence-electron chi connectivity index (χ2n) is 22.2. The van der Waals surface area contributed by atoms with Crippen LogP contribution in [0.1, 0.15) is 156 Å². The van der Waals surface area contributed by atoms with Crippen LogP contribution in [0.25, 0.3) is 0 Å². The van der Waals surface area contributed by atoms with Gasteiger partial charge in [0.25, 0.3) is 0 Å². The summed E-state index contributed by atoms with van der Waals surface area (Å²) in [6.07, 6.45) is 14.2. The zero-order valence-electron chi connectivity index (χ0n) is 56.4. The average molecular weight is 1300 g/mol. The van der Waals surface area contributed by atoms with E-state index in [4.69, 9.17) is 166 Å². The predicted molar refractivity (Wildman–Crippen MR) is 366 cm³/mol. The molecule has 30 heteroatoms. The minimum absolute atomic E-state index is 0.00319. The highest BCUT2D eigenvalue weighted by Gasteiger charge is 2.15. The van der Waals surface area contributed by atoms with Crippen molar-refractivity contribution in [1.29, 1.82) is 108 Å². The Morgan fingerprint density at radius 1 is 0.179 bits per heavy atom. The number of hydrogen-bond acceptors (Lipinski definition) is 30. The molecule has 0 amide bonds. The molecule has 0 atom stereocenters. The SMILES string of the molecule is CCCCc1c(N)c(=N)c1=N.CCCCc1c(N)c1=N.CCCc1c(N)c(=N)c(=N)c1=N.CCCc1c(N)c(=N)c1=N.CCCc1c(N)c1=N.CCc1c(N)c(=N)c(=N)c1=N.CCc1c(N)c(=N)c1=N.CCc1c(N)c1=N.Cc1c(N)c(=N)c(=N)c1=N.Cc1c(N)c(=N)c1=N. The van der Waals surface area contributed by atoms with E-state index in [1.54, 1.807) is 13.8 Å². The predicted octanol–water partition coefficient (Wildman–Crippen LogP) is -1.12. The van der Waals surface area contributed by atoms with Crippen molar-refractivity contribution in [3.63, 3.8) is 0 Å². The van der Waals surface area contributed by atoms with E-state index in [9.17, 15) is 0 Å². The van der Waals surface area contributed by atoms with Crippen LogP contribution in [-0.4, -0.2) is 0 Å². The van der Waals surface area contributed by atoms with Crippen molar-refractivity contribution in [2.24, 2.45) is 0 Å². The average Bonchev–Trinajstić information content (AvgIpc) is 1.73. The lowest BCUT2D eigenvalue weighted by Crippen LogP contribution is -2.38. The summed E-state index contributed by atoms with van der Waals surface area (Å²) < 4.78 is 0. The molecule has 0 radical (unpaired) electrons. The number of nitrogens with two attached hydrogens (primary N) is 10. The molecule has 10 rings (SSSR count). The molecular weight excluding hydrogens is 1200 g/mol. The first kappa shape index (κ1) is 81.8. The molecule has 0 fully saturated rings. The van der Waals surface area contributed by atoms with Gasteiger partial charge in [-0.15, -0.1) is 0 Å². The summed E-state index contributed by atoms with van der Waals surface area (Å²) in [5.41, 5.74) is 67.5. The van der Waals surface area contributed by atoms with Crippen LogP contribution in [0.2, 0.25) is 0 Å². The van der Waals surface area contributed by atoms with Gasteiger partial charge in [0.15, 0.2) is 0 Å². The van der Waals surface area contributed by atoms with E-state index in [0.717, 1.165) is 121 Å². The molecule has 10 aromatic carbocycles. The highest BCUT2D eigenvalue weighted by molar-refractivity contribution is 5.60. The molecular formula is C65H100N30. The largest absolute Gasteiger partial charge is 0.397 e. The number of hydrogen-bond donors (Lipinski definition) is 30. The lowest BCUT2D eigenvalue weighted by atomic mass is 10.0. The summed E-state index contributed by atoms with van der Waals surface area (Å²) in [4.78, 5) is 0. The van der Waals surface area contributed by atoms with Gasteiger partial charge >= 0.3 is 0 Å². The molecule has 0 saturated carbocycles. The minimum atomic E-state index is -0.0741. The molecule has 10 aromatic rings. The second kappa shape index (κ2) is 36.1. The summed E-state index contributed by atoms with van der Waals surface area (Å²) in [5.74, 6) is 0. The first-order valence-electron chi connectivity index (χ1n) is 30.9. The normalized spacial score (nSPS) is 10.4. The van der Waals surface area contributed by atoms with Crippen LogP contribution in [0, 0.1) is 122 Å². The van der Waals surface area contributed by atoms with Gasteiger partial charge in [-0.25, -0.2) is 0 Å². The van der Waals surface area contributed by atoms with Crippen molar-refractivity contribution < 1.29 is 0 Å². The van der Waals surface area contributed by atoms with Gasteiger partial charge < -0.3 is 57.3 Å². The second-order valence-corrected chi connectivity index (χ2v) is 22.2. The van der Waals surface area contributed by atoms with E-state index in [1.807, 2.05) is 34.6 Å². The van der Waals surface area contributed by atoms with Crippen LogP contribution in [0.15, 0.2) is 0 Å². The first-order chi connectivity index (χ1) is 44.2. The Morgan fingerprint density at radius 3 is 0.484 bits per heavy atom. The summed E-state index contributed by atoms with van der Waals surface area (Å²) in [7, 11) is 0. The number of rotatable bonds is 15. The molecule has 40 N–H and O–H groups in total. The quantitative estimate of drug-likeness (QED) is 0.0586. The summed E-state index contributed by atoms with van der Waals surface area (Å²) in [6, 6.07) is 0. The standard InChI is InChI=1S/C8H12N4.C8H13N3.C7H10N4.C7H11N3.C7H12N2.C6H8N4.C6H9N3.C6H10N2.C5H7N3.C5H8N2/c1-2-3-4-5(9)7(11)8(12)6(4)10;1-2-3-4-5-6(9)8(11)7(5)10;1-2-3-4(8)6(10)7(11)5(3)9;1-2-3-4-5(8)7(10)6(4)9;1-2-3-4-5-6(8)7(5)9;1-2-3(7)5(9)6(10)4(2)8;1-2-3-4(7)6(9)5(3)8;1-2-3-4-5(7)6(4)8;1-2-3(6)5(8)4(2)7;1-2-3-4(6)5(3)7/h9,11-12H,2-3,10H2,1H3;9,11H,2-4,10H2,1H3;8,10-11H,2,9H2,1H3;8,10H,2-3,9H2,1H3;8H,2-4,9H2,1H3;7,9-10H,8H2,1H3;7,9H,2,8H2,1H3;7H,2-3,8H2,1H3;6,8H,7H2,1H3;6H,2,7H2,1H3. The Labute approximate surface area is 548 Å². The van der Waals surface area contributed by atoms with Gasteiger partial charge in [-0.3, -0.25) is 108 Å². The molecule has 0 aromatic heterocycles. The third-order valence-corrected chi connectivity index (χ3v) is 15.7. The lowest BCUT2D eigenvalue weighted by Gasteiger charge is -2.08. The van der Waals surface area contributed by atoms with Crippen LogP contribution < -0.4 is 164 Å². The molecule has 0 aliphatic rings. The van der Waals surface area contributed by atoms with E-state index in [1.165, 1.54) is 12.8 Å². The van der Waals surface area contributed by atoms with Gasteiger partial charge in [0.05, 0.1) is 110 Å². The highest BCUT2D eigenvalue weighted by Crippen LogP contribution is 2.14. The molecule has 30 nitrogen and oxygen atoms in total. The van der Waals surface area contributed by atoms with Gasteiger partial charge in [0, 0.05) is 55.6 Å². The molecule has 0 heterocycles. The van der Waals surface area contributed by atoms with Gasteiger partial charge in [-0.05, 0) is 78.1 Å².